The highest BCUT2D eigenvalue weighted by Gasteiger charge is 2.17. The molecule has 0 aliphatic rings. The number of carbonyl (C=O) groups is 1. The van der Waals surface area contributed by atoms with Gasteiger partial charge in [-0.1, -0.05) is 96.1 Å². The summed E-state index contributed by atoms with van der Waals surface area (Å²) < 4.78 is 12.0. The first-order valence-electron chi connectivity index (χ1n) is 13.0. The van der Waals surface area contributed by atoms with E-state index in [0.717, 1.165) is 33.0 Å². The normalized spacial score (nSPS) is 10.1. The zero-order chi connectivity index (χ0) is 27.2. The minimum absolute atomic E-state index is 0.0605. The van der Waals surface area contributed by atoms with Crippen molar-refractivity contribution in [2.75, 3.05) is 0 Å². The maximum atomic E-state index is 12.7. The van der Waals surface area contributed by atoms with Crippen LogP contribution in [0.3, 0.4) is 0 Å². The van der Waals surface area contributed by atoms with E-state index in [9.17, 15) is 4.79 Å². The van der Waals surface area contributed by atoms with Crippen molar-refractivity contribution in [3.63, 3.8) is 0 Å². The van der Waals surface area contributed by atoms with Crippen LogP contribution in [-0.4, -0.2) is 10.8 Å². The fourth-order valence-electron chi connectivity index (χ4n) is 3.55. The summed E-state index contributed by atoms with van der Waals surface area (Å²) >= 11 is 1.61. The molecule has 5 heteroatoms. The molecule has 3 aromatic carbocycles. The number of Topliss-reactive ketones (excluding diaryl/α,β-unsaturated/α-hetero) is 1. The Hall–Kier alpha value is -3.44. The second-order valence-electron chi connectivity index (χ2n) is 8.19. The van der Waals surface area contributed by atoms with Crippen LogP contribution in [0.5, 0.6) is 11.5 Å². The second kappa shape index (κ2) is 15.6. The summed E-state index contributed by atoms with van der Waals surface area (Å²) in [6.45, 7) is 14.5. The first kappa shape index (κ1) is 29.8. The summed E-state index contributed by atoms with van der Waals surface area (Å²) in [4.78, 5) is 17.4. The molecule has 37 heavy (non-hydrogen) atoms. The lowest BCUT2D eigenvalue weighted by Gasteiger charge is -2.15. The number of ketones is 1. The highest BCUT2D eigenvalue weighted by Crippen LogP contribution is 2.26. The van der Waals surface area contributed by atoms with Crippen LogP contribution in [-0.2, 0) is 13.2 Å². The predicted molar refractivity (Wildman–Crippen MR) is 156 cm³/mol. The third kappa shape index (κ3) is 8.57. The highest BCUT2D eigenvalue weighted by atomic mass is 32.1. The Morgan fingerprint density at radius 3 is 2.11 bits per heavy atom. The van der Waals surface area contributed by atoms with E-state index in [4.69, 9.17) is 9.47 Å². The molecule has 0 N–H and O–H groups in total. The lowest BCUT2D eigenvalue weighted by Crippen LogP contribution is -2.13. The molecule has 0 bridgehead atoms. The van der Waals surface area contributed by atoms with Gasteiger partial charge in [-0.05, 0) is 24.6 Å². The molecule has 4 rings (SSSR count). The van der Waals surface area contributed by atoms with Gasteiger partial charge in [-0.3, -0.25) is 4.79 Å². The fraction of sp³-hybridized carbons (Fsp3) is 0.312. The van der Waals surface area contributed by atoms with Crippen molar-refractivity contribution in [2.45, 2.75) is 61.7 Å². The van der Waals surface area contributed by atoms with E-state index in [1.54, 1.807) is 11.3 Å². The number of aryl methyl sites for hydroxylation is 1. The molecule has 0 radical (unpaired) electrons. The predicted octanol–water partition coefficient (Wildman–Crippen LogP) is 9.17. The molecule has 4 aromatic rings. The van der Waals surface area contributed by atoms with Crippen LogP contribution >= 0.6 is 11.3 Å². The Balaban J connectivity index is 0.00000115. The fourth-order valence-corrected chi connectivity index (χ4v) is 4.36. The van der Waals surface area contributed by atoms with Crippen molar-refractivity contribution in [1.29, 1.82) is 0 Å². The third-order valence-electron chi connectivity index (χ3n) is 5.29. The van der Waals surface area contributed by atoms with E-state index >= 15 is 0 Å². The van der Waals surface area contributed by atoms with Gasteiger partial charge in [0.15, 0.2) is 5.78 Å². The molecule has 0 aliphatic carbocycles. The van der Waals surface area contributed by atoms with E-state index in [2.05, 4.69) is 17.1 Å². The van der Waals surface area contributed by atoms with E-state index < -0.39 is 0 Å². The van der Waals surface area contributed by atoms with Crippen molar-refractivity contribution >= 4 is 17.1 Å². The molecular weight excluding hydrogens is 478 g/mol. The van der Waals surface area contributed by atoms with Gasteiger partial charge in [0.1, 0.15) is 29.7 Å². The van der Waals surface area contributed by atoms with E-state index in [-0.39, 0.29) is 11.7 Å². The largest absolute Gasteiger partial charge is 0.489 e. The summed E-state index contributed by atoms with van der Waals surface area (Å²) in [5, 5.41) is 3.00. The van der Waals surface area contributed by atoms with Crippen LogP contribution in [0.1, 0.15) is 68.7 Å². The lowest BCUT2D eigenvalue weighted by molar-refractivity contribution is 0.0936. The number of aromatic nitrogens is 1. The minimum Gasteiger partial charge on any atom is -0.489 e. The van der Waals surface area contributed by atoms with Crippen LogP contribution in [0.15, 0.2) is 78.2 Å². The number of ether oxygens (including phenoxy) is 2. The van der Waals surface area contributed by atoms with E-state index in [1.807, 2.05) is 115 Å². The topological polar surface area (TPSA) is 48.4 Å². The summed E-state index contributed by atoms with van der Waals surface area (Å²) in [6.07, 6.45) is 0. The van der Waals surface area contributed by atoms with Crippen LogP contribution in [0.2, 0.25) is 0 Å². The first-order chi connectivity index (χ1) is 18.0. The summed E-state index contributed by atoms with van der Waals surface area (Å²) in [5.41, 5.74) is 4.64. The average Bonchev–Trinajstić information content (AvgIpc) is 3.42. The molecule has 0 spiro atoms. The number of rotatable bonds is 9. The Labute approximate surface area is 226 Å². The highest BCUT2D eigenvalue weighted by molar-refractivity contribution is 7.13. The first-order valence-corrected chi connectivity index (χ1v) is 13.9. The Kier molecular flexibility index (Phi) is 12.6. The minimum atomic E-state index is -0.0605. The molecule has 196 valence electrons. The van der Waals surface area contributed by atoms with E-state index in [0.29, 0.717) is 24.7 Å². The summed E-state index contributed by atoms with van der Waals surface area (Å²) in [5.74, 6) is 1.49. The second-order valence-corrected chi connectivity index (χ2v) is 9.05. The van der Waals surface area contributed by atoms with Crippen molar-refractivity contribution in [3.05, 3.63) is 101 Å². The van der Waals surface area contributed by atoms with Crippen molar-refractivity contribution < 1.29 is 14.3 Å². The van der Waals surface area contributed by atoms with Gasteiger partial charge in [0.2, 0.25) is 0 Å². The number of nitrogens with zero attached hydrogens (tertiary/aromatic N) is 1. The van der Waals surface area contributed by atoms with Gasteiger partial charge >= 0.3 is 0 Å². The Morgan fingerprint density at radius 2 is 1.46 bits per heavy atom. The van der Waals surface area contributed by atoms with Gasteiger partial charge in [-0.2, -0.15) is 0 Å². The number of hydrogen-bond acceptors (Lipinski definition) is 5. The number of thiazole rings is 1. The number of hydrogen-bond donors (Lipinski definition) is 0. The van der Waals surface area contributed by atoms with Gasteiger partial charge in [-0.25, -0.2) is 4.98 Å². The summed E-state index contributed by atoms with van der Waals surface area (Å²) in [6, 6.07) is 23.6. The monoisotopic (exact) mass is 517 g/mol. The molecular formula is C32H39NO3S. The molecule has 0 atom stereocenters. The van der Waals surface area contributed by atoms with Gasteiger partial charge in [0.25, 0.3) is 0 Å². The SMILES string of the molecule is CC.CC.Cc1cccc(COc2cccc(OCc3csc(-c4ccccc4)n3)c2)c1C(=O)C(C)C. The zero-order valence-corrected chi connectivity index (χ0v) is 23.9. The van der Waals surface area contributed by atoms with Crippen molar-refractivity contribution in [1.82, 2.24) is 4.98 Å². The average molecular weight is 518 g/mol. The zero-order valence-electron chi connectivity index (χ0n) is 23.1. The van der Waals surface area contributed by atoms with Gasteiger partial charge in [-0.15, -0.1) is 11.3 Å². The van der Waals surface area contributed by atoms with Gasteiger partial charge in [0.05, 0.1) is 5.69 Å². The van der Waals surface area contributed by atoms with Gasteiger partial charge < -0.3 is 9.47 Å². The quantitative estimate of drug-likeness (QED) is 0.208. The van der Waals surface area contributed by atoms with Crippen LogP contribution < -0.4 is 9.47 Å². The third-order valence-corrected chi connectivity index (χ3v) is 6.23. The number of carbonyl (C=O) groups excluding carboxylic acids is 1. The standard InChI is InChI=1S/C28H27NO3S.2C2H6/c1-19(2)27(30)26-20(3)9-7-12-22(26)16-31-24-13-8-14-25(15-24)32-17-23-18-33-28(29-23)21-10-5-4-6-11-21;2*1-2/h4-15,18-19H,16-17H2,1-3H3;2*1-2H3. The molecule has 1 aromatic heterocycles. The summed E-state index contributed by atoms with van der Waals surface area (Å²) in [7, 11) is 0. The van der Waals surface area contributed by atoms with Crippen LogP contribution in [0.25, 0.3) is 10.6 Å². The number of benzene rings is 3. The van der Waals surface area contributed by atoms with Crippen molar-refractivity contribution in [3.8, 4) is 22.1 Å². The maximum Gasteiger partial charge on any atom is 0.166 e. The Morgan fingerprint density at radius 1 is 0.838 bits per heavy atom. The van der Waals surface area contributed by atoms with E-state index in [1.165, 1.54) is 0 Å². The molecule has 1 heterocycles. The molecule has 0 saturated heterocycles. The molecule has 0 amide bonds. The van der Waals surface area contributed by atoms with Crippen molar-refractivity contribution in [2.24, 2.45) is 5.92 Å². The molecule has 4 nitrogen and oxygen atoms in total. The molecule has 0 fully saturated rings. The molecule has 0 aliphatic heterocycles. The molecule has 0 unspecified atom stereocenters. The maximum absolute atomic E-state index is 12.7. The lowest BCUT2D eigenvalue weighted by atomic mass is 9.93. The molecule has 0 saturated carbocycles. The Bertz CT molecular complexity index is 1230. The smallest absolute Gasteiger partial charge is 0.166 e. The van der Waals surface area contributed by atoms with Gasteiger partial charge in [0, 0.05) is 34.1 Å². The van der Waals surface area contributed by atoms with Crippen LogP contribution in [0.4, 0.5) is 0 Å². The van der Waals surface area contributed by atoms with Crippen LogP contribution in [0, 0.1) is 12.8 Å².